The predicted molar refractivity (Wildman–Crippen MR) is 80.0 cm³/mol. The number of hydrogen-bond donors (Lipinski definition) is 2. The fourth-order valence-corrected chi connectivity index (χ4v) is 1.78. The minimum atomic E-state index is 0.558. The molecular formula is C15H15N6+. The van der Waals surface area contributed by atoms with Gasteiger partial charge in [-0.25, -0.2) is 5.84 Å². The summed E-state index contributed by atoms with van der Waals surface area (Å²) in [5.74, 6) is 5.97. The van der Waals surface area contributed by atoms with Crippen LogP contribution in [0, 0.1) is 11.3 Å². The Morgan fingerprint density at radius 1 is 1.38 bits per heavy atom. The predicted octanol–water partition coefficient (Wildman–Crippen LogP) is 2.57. The van der Waals surface area contributed by atoms with Gasteiger partial charge in [-0.1, -0.05) is 12.1 Å². The van der Waals surface area contributed by atoms with Crippen molar-refractivity contribution in [1.82, 2.24) is 4.98 Å². The first kappa shape index (κ1) is 14.2. The standard InChI is InChI=1S/C15H14N6/c1-11(13-4-2-3-12(7-13)8-16)10-21(20-18)15-6-5-14(17)9-19-15/h2-7,9-10,18H,17H2,1H3/p+1/b11-10+. The molecule has 1 aromatic carbocycles. The van der Waals surface area contributed by atoms with Crippen molar-refractivity contribution in [2.75, 3.05) is 5.73 Å². The zero-order valence-corrected chi connectivity index (χ0v) is 11.6. The van der Waals surface area contributed by atoms with Crippen LogP contribution in [-0.2, 0) is 0 Å². The van der Waals surface area contributed by atoms with Crippen LogP contribution in [0.5, 0.6) is 0 Å². The molecule has 104 valence electrons. The number of anilines is 1. The molecule has 0 saturated carbocycles. The average molecular weight is 279 g/mol. The van der Waals surface area contributed by atoms with Gasteiger partial charge in [-0.2, -0.15) is 5.26 Å². The first-order valence-corrected chi connectivity index (χ1v) is 6.24. The second-order valence-electron chi connectivity index (χ2n) is 4.41. The molecular weight excluding hydrogens is 264 g/mol. The van der Waals surface area contributed by atoms with Gasteiger partial charge in [0.2, 0.25) is 0 Å². The molecule has 0 radical (unpaired) electrons. The second kappa shape index (κ2) is 6.30. The molecule has 0 aliphatic rings. The van der Waals surface area contributed by atoms with Gasteiger partial charge in [0.1, 0.15) is 6.20 Å². The molecule has 2 rings (SSSR count). The maximum absolute atomic E-state index is 8.94. The van der Waals surface area contributed by atoms with E-state index in [2.05, 4.69) is 16.3 Å². The molecule has 21 heavy (non-hydrogen) atoms. The number of aromatic nitrogens is 1. The Labute approximate surface area is 122 Å². The zero-order chi connectivity index (χ0) is 15.2. The molecule has 2 aromatic rings. The average Bonchev–Trinajstić information content (AvgIpc) is 2.53. The highest BCUT2D eigenvalue weighted by atomic mass is 15.4. The van der Waals surface area contributed by atoms with Crippen LogP contribution in [0.4, 0.5) is 11.5 Å². The number of nitriles is 1. The van der Waals surface area contributed by atoms with Crippen molar-refractivity contribution in [3.05, 3.63) is 59.9 Å². The molecule has 0 bridgehead atoms. The third kappa shape index (κ3) is 3.42. The molecule has 4 N–H and O–H groups in total. The fraction of sp³-hybridized carbons (Fsp3) is 0.0667. The lowest BCUT2D eigenvalue weighted by atomic mass is 10.1. The van der Waals surface area contributed by atoms with Gasteiger partial charge in [0.25, 0.3) is 5.82 Å². The lowest BCUT2D eigenvalue weighted by Crippen LogP contribution is -2.01. The Morgan fingerprint density at radius 3 is 2.81 bits per heavy atom. The van der Waals surface area contributed by atoms with Crippen molar-refractivity contribution in [3.8, 4) is 6.07 Å². The van der Waals surface area contributed by atoms with E-state index in [1.165, 1.54) is 10.9 Å². The summed E-state index contributed by atoms with van der Waals surface area (Å²) in [5.41, 5.74) is 8.59. The van der Waals surface area contributed by atoms with Crippen LogP contribution in [0.25, 0.3) is 5.57 Å². The van der Waals surface area contributed by atoms with Gasteiger partial charge < -0.3 is 5.73 Å². The smallest absolute Gasteiger partial charge is 0.285 e. The number of allylic oxidation sites excluding steroid dienone is 1. The fourth-order valence-electron chi connectivity index (χ4n) is 1.78. The van der Waals surface area contributed by atoms with E-state index in [9.17, 15) is 0 Å². The number of benzene rings is 1. The van der Waals surface area contributed by atoms with Gasteiger partial charge in [0, 0.05) is 11.3 Å². The van der Waals surface area contributed by atoms with E-state index in [0.717, 1.165) is 11.1 Å². The summed E-state index contributed by atoms with van der Waals surface area (Å²) in [6.45, 7) is 1.91. The molecule has 0 aliphatic heterocycles. The van der Waals surface area contributed by atoms with Crippen LogP contribution >= 0.6 is 0 Å². The minimum Gasteiger partial charge on any atom is -0.396 e. The summed E-state index contributed by atoms with van der Waals surface area (Å²) in [6, 6.07) is 12.9. The second-order valence-corrected chi connectivity index (χ2v) is 4.41. The SMILES string of the molecule is C/C(=C\[N+](=NN)c1ccc(N)cn1)c1cccc(C#N)c1. The Kier molecular flexibility index (Phi) is 4.26. The maximum Gasteiger partial charge on any atom is 0.285 e. The van der Waals surface area contributed by atoms with Crippen LogP contribution in [0.1, 0.15) is 18.1 Å². The summed E-state index contributed by atoms with van der Waals surface area (Å²) in [4.78, 5) is 4.16. The molecule has 0 aliphatic carbocycles. The highest BCUT2D eigenvalue weighted by molar-refractivity contribution is 5.64. The van der Waals surface area contributed by atoms with Gasteiger partial charge in [-0.15, -0.1) is 9.68 Å². The Balaban J connectivity index is 2.35. The van der Waals surface area contributed by atoms with E-state index in [0.29, 0.717) is 17.1 Å². The molecule has 0 spiro atoms. The van der Waals surface area contributed by atoms with Crippen molar-refractivity contribution in [2.24, 2.45) is 11.1 Å². The van der Waals surface area contributed by atoms with Crippen molar-refractivity contribution < 1.29 is 4.70 Å². The maximum atomic E-state index is 8.94. The molecule has 6 nitrogen and oxygen atoms in total. The molecule has 6 heteroatoms. The topological polar surface area (TPSA) is 104 Å². The lowest BCUT2D eigenvalue weighted by Gasteiger charge is -2.02. The van der Waals surface area contributed by atoms with E-state index < -0.39 is 0 Å². The van der Waals surface area contributed by atoms with E-state index in [-0.39, 0.29) is 0 Å². The molecule has 1 heterocycles. The normalized spacial score (nSPS) is 12.0. The summed E-state index contributed by atoms with van der Waals surface area (Å²) < 4.78 is 1.45. The molecule has 0 fully saturated rings. The van der Waals surface area contributed by atoms with Gasteiger partial charge >= 0.3 is 0 Å². The van der Waals surface area contributed by atoms with Crippen LogP contribution in [-0.4, -0.2) is 9.68 Å². The van der Waals surface area contributed by atoms with Crippen molar-refractivity contribution in [2.45, 2.75) is 6.92 Å². The third-order valence-electron chi connectivity index (χ3n) is 2.89. The number of nitrogens with zero attached hydrogens (tertiary/aromatic N) is 4. The van der Waals surface area contributed by atoms with Crippen molar-refractivity contribution >= 4 is 17.1 Å². The Hall–Kier alpha value is -3.20. The van der Waals surface area contributed by atoms with Gasteiger partial charge in [0.05, 0.1) is 23.5 Å². The summed E-state index contributed by atoms with van der Waals surface area (Å²) in [7, 11) is 0. The van der Waals surface area contributed by atoms with E-state index in [1.54, 1.807) is 30.5 Å². The Morgan fingerprint density at radius 2 is 2.19 bits per heavy atom. The van der Waals surface area contributed by atoms with E-state index in [4.69, 9.17) is 16.8 Å². The zero-order valence-electron chi connectivity index (χ0n) is 11.6. The molecule has 1 aromatic heterocycles. The molecule has 0 atom stereocenters. The number of hydrogen-bond acceptors (Lipinski definition) is 4. The first-order chi connectivity index (χ1) is 10.1. The summed E-state index contributed by atoms with van der Waals surface area (Å²) in [6.07, 6.45) is 3.28. The summed E-state index contributed by atoms with van der Waals surface area (Å²) >= 11 is 0. The number of nitrogens with two attached hydrogens (primary N) is 2. The highest BCUT2D eigenvalue weighted by Crippen LogP contribution is 2.18. The Bertz CT molecular complexity index is 738. The van der Waals surface area contributed by atoms with Gasteiger partial charge in [-0.3, -0.25) is 0 Å². The van der Waals surface area contributed by atoms with Crippen LogP contribution in [0.3, 0.4) is 0 Å². The van der Waals surface area contributed by atoms with Crippen LogP contribution < -0.4 is 11.6 Å². The monoisotopic (exact) mass is 279 g/mol. The van der Waals surface area contributed by atoms with E-state index >= 15 is 0 Å². The summed E-state index contributed by atoms with van der Waals surface area (Å²) in [5, 5.41) is 12.6. The number of nitrogen functional groups attached to an aromatic ring is 1. The first-order valence-electron chi connectivity index (χ1n) is 6.24. The number of rotatable bonds is 3. The van der Waals surface area contributed by atoms with Crippen molar-refractivity contribution in [1.29, 1.82) is 5.26 Å². The minimum absolute atomic E-state index is 0.558. The van der Waals surface area contributed by atoms with E-state index in [1.807, 2.05) is 19.1 Å². The highest BCUT2D eigenvalue weighted by Gasteiger charge is 2.08. The van der Waals surface area contributed by atoms with Gasteiger partial charge in [-0.05, 0) is 36.3 Å². The largest absolute Gasteiger partial charge is 0.396 e. The molecule has 0 saturated heterocycles. The molecule has 0 amide bonds. The van der Waals surface area contributed by atoms with Crippen LogP contribution in [0.2, 0.25) is 0 Å². The van der Waals surface area contributed by atoms with Crippen LogP contribution in [0.15, 0.2) is 54.0 Å². The lowest BCUT2D eigenvalue weighted by molar-refractivity contribution is -0.446. The third-order valence-corrected chi connectivity index (χ3v) is 2.89. The quantitative estimate of drug-likeness (QED) is 0.390. The number of pyridine rings is 1. The molecule has 0 unspecified atom stereocenters. The van der Waals surface area contributed by atoms with Crippen molar-refractivity contribution in [3.63, 3.8) is 0 Å². The van der Waals surface area contributed by atoms with Gasteiger partial charge in [0.15, 0.2) is 0 Å².